The molecule has 1 aliphatic rings. The van der Waals surface area contributed by atoms with Gasteiger partial charge in [0.25, 0.3) is 0 Å². The molecule has 0 aliphatic carbocycles. The molecule has 0 N–H and O–H groups in total. The van der Waals surface area contributed by atoms with Crippen LogP contribution in [0.3, 0.4) is 0 Å². The van der Waals surface area contributed by atoms with E-state index in [1.807, 2.05) is 32.9 Å². The summed E-state index contributed by atoms with van der Waals surface area (Å²) in [6.07, 6.45) is 5.33. The summed E-state index contributed by atoms with van der Waals surface area (Å²) in [6, 6.07) is 2.02. The van der Waals surface area contributed by atoms with Gasteiger partial charge in [-0.15, -0.1) is 0 Å². The summed E-state index contributed by atoms with van der Waals surface area (Å²) in [5.41, 5.74) is 2.98. The van der Waals surface area contributed by atoms with Crippen LogP contribution in [-0.4, -0.2) is 10.4 Å². The molecule has 0 aromatic carbocycles. The first-order valence-electron chi connectivity index (χ1n) is 6.35. The first kappa shape index (κ1) is 12.2. The molecule has 0 saturated carbocycles. The summed E-state index contributed by atoms with van der Waals surface area (Å²) in [5.74, 6) is 0.230. The Kier molecular flexibility index (Phi) is 2.98. The van der Waals surface area contributed by atoms with E-state index in [1.54, 1.807) is 0 Å². The molecule has 0 spiro atoms. The Morgan fingerprint density at radius 3 is 2.71 bits per heavy atom. The van der Waals surface area contributed by atoms with Crippen molar-refractivity contribution in [2.75, 3.05) is 0 Å². The van der Waals surface area contributed by atoms with Gasteiger partial charge in [0.05, 0.1) is 5.69 Å². The van der Waals surface area contributed by atoms with Crippen molar-refractivity contribution < 1.29 is 4.79 Å². The van der Waals surface area contributed by atoms with Crippen molar-refractivity contribution in [3.63, 3.8) is 0 Å². The number of hydrogen-bond acceptors (Lipinski definition) is 1. The predicted octanol–water partition coefficient (Wildman–Crippen LogP) is 3.70. The number of ketones is 1. The van der Waals surface area contributed by atoms with E-state index in [0.717, 1.165) is 24.2 Å². The van der Waals surface area contributed by atoms with E-state index in [2.05, 4.69) is 11.1 Å². The number of hydrogen-bond donors (Lipinski definition) is 0. The van der Waals surface area contributed by atoms with Gasteiger partial charge in [0, 0.05) is 17.7 Å². The molecule has 92 valence electrons. The standard InChI is InChI=1S/C15H21NO/c1-5-11-10-13(14(17)15(2,3)4)16-9-7-6-8-12(11)16/h5,10H,1,6-9H2,2-4H3. The van der Waals surface area contributed by atoms with Gasteiger partial charge in [0.15, 0.2) is 5.78 Å². The minimum absolute atomic E-state index is 0.230. The van der Waals surface area contributed by atoms with E-state index in [0.29, 0.717) is 0 Å². The topological polar surface area (TPSA) is 22.0 Å². The molecule has 0 atom stereocenters. The van der Waals surface area contributed by atoms with E-state index in [-0.39, 0.29) is 11.2 Å². The SMILES string of the molecule is C=Cc1cc(C(=O)C(C)(C)C)n2c1CCCC2. The molecule has 2 rings (SSSR count). The van der Waals surface area contributed by atoms with Crippen molar-refractivity contribution in [2.24, 2.45) is 5.41 Å². The molecule has 0 amide bonds. The second-order valence-electron chi connectivity index (χ2n) is 5.82. The number of aromatic nitrogens is 1. The van der Waals surface area contributed by atoms with Crippen LogP contribution in [0.1, 0.15) is 55.4 Å². The lowest BCUT2D eigenvalue weighted by molar-refractivity contribution is 0.0847. The molecule has 0 unspecified atom stereocenters. The quantitative estimate of drug-likeness (QED) is 0.711. The zero-order valence-corrected chi connectivity index (χ0v) is 11.0. The van der Waals surface area contributed by atoms with Gasteiger partial charge >= 0.3 is 0 Å². The number of carbonyl (C=O) groups excluding carboxylic acids is 1. The summed E-state index contributed by atoms with van der Waals surface area (Å²) in [7, 11) is 0. The van der Waals surface area contributed by atoms with E-state index in [9.17, 15) is 4.79 Å². The van der Waals surface area contributed by atoms with Crippen LogP contribution in [0.2, 0.25) is 0 Å². The minimum atomic E-state index is -0.314. The van der Waals surface area contributed by atoms with Crippen LogP contribution in [-0.2, 0) is 13.0 Å². The lowest BCUT2D eigenvalue weighted by atomic mass is 9.89. The highest BCUT2D eigenvalue weighted by Crippen LogP contribution is 2.29. The molecule has 2 heteroatoms. The summed E-state index contributed by atoms with van der Waals surface area (Å²) in [5, 5.41) is 0. The molecule has 0 radical (unpaired) electrons. The fourth-order valence-electron chi connectivity index (χ4n) is 2.46. The Hall–Kier alpha value is -1.31. The second-order valence-corrected chi connectivity index (χ2v) is 5.82. The van der Waals surface area contributed by atoms with Gasteiger partial charge in [-0.3, -0.25) is 4.79 Å². The normalized spacial score (nSPS) is 15.5. The highest BCUT2D eigenvalue weighted by Gasteiger charge is 2.28. The third kappa shape index (κ3) is 2.08. The van der Waals surface area contributed by atoms with Crippen molar-refractivity contribution in [3.05, 3.63) is 29.6 Å². The minimum Gasteiger partial charge on any atom is -0.342 e. The monoisotopic (exact) mass is 231 g/mol. The molecular weight excluding hydrogens is 210 g/mol. The Morgan fingerprint density at radius 1 is 1.41 bits per heavy atom. The molecule has 0 fully saturated rings. The van der Waals surface area contributed by atoms with Gasteiger partial charge in [-0.25, -0.2) is 0 Å². The molecule has 0 saturated heterocycles. The lowest BCUT2D eigenvalue weighted by Gasteiger charge is -2.22. The van der Waals surface area contributed by atoms with Crippen LogP contribution >= 0.6 is 0 Å². The third-order valence-corrected chi connectivity index (χ3v) is 3.42. The number of Topliss-reactive ketones (excluding diaryl/α,β-unsaturated/α-hetero) is 1. The Labute approximate surface area is 103 Å². The highest BCUT2D eigenvalue weighted by atomic mass is 16.1. The first-order chi connectivity index (χ1) is 7.95. The van der Waals surface area contributed by atoms with Crippen LogP contribution in [0, 0.1) is 5.41 Å². The third-order valence-electron chi connectivity index (χ3n) is 3.42. The fourth-order valence-corrected chi connectivity index (χ4v) is 2.46. The Balaban J connectivity index is 2.52. The lowest BCUT2D eigenvalue weighted by Crippen LogP contribution is -2.25. The van der Waals surface area contributed by atoms with Gasteiger partial charge in [-0.1, -0.05) is 33.4 Å². The molecule has 2 heterocycles. The zero-order valence-electron chi connectivity index (χ0n) is 11.0. The number of carbonyl (C=O) groups is 1. The molecule has 17 heavy (non-hydrogen) atoms. The first-order valence-corrected chi connectivity index (χ1v) is 6.35. The summed E-state index contributed by atoms with van der Waals surface area (Å²) >= 11 is 0. The smallest absolute Gasteiger partial charge is 0.184 e. The predicted molar refractivity (Wildman–Crippen MR) is 71.2 cm³/mol. The second kappa shape index (κ2) is 4.17. The zero-order chi connectivity index (χ0) is 12.6. The molecule has 2 nitrogen and oxygen atoms in total. The van der Waals surface area contributed by atoms with E-state index < -0.39 is 0 Å². The van der Waals surface area contributed by atoms with Gasteiger partial charge in [-0.2, -0.15) is 0 Å². The maximum atomic E-state index is 12.4. The molecule has 1 aromatic heterocycles. The van der Waals surface area contributed by atoms with Crippen molar-refractivity contribution in [3.8, 4) is 0 Å². The van der Waals surface area contributed by atoms with Crippen LogP contribution in [0.4, 0.5) is 0 Å². The van der Waals surface area contributed by atoms with Crippen LogP contribution < -0.4 is 0 Å². The highest BCUT2D eigenvalue weighted by molar-refractivity contribution is 5.99. The van der Waals surface area contributed by atoms with Crippen molar-refractivity contribution in [1.82, 2.24) is 4.57 Å². The van der Waals surface area contributed by atoms with Crippen LogP contribution in [0.25, 0.3) is 6.08 Å². The van der Waals surface area contributed by atoms with Gasteiger partial charge in [0.2, 0.25) is 0 Å². The van der Waals surface area contributed by atoms with Crippen LogP contribution in [0.5, 0.6) is 0 Å². The van der Waals surface area contributed by atoms with Gasteiger partial charge in [0.1, 0.15) is 0 Å². The molecular formula is C15H21NO. The summed E-state index contributed by atoms with van der Waals surface area (Å²) in [4.78, 5) is 12.4. The van der Waals surface area contributed by atoms with Crippen molar-refractivity contribution in [2.45, 2.75) is 46.6 Å². The fraction of sp³-hybridized carbons (Fsp3) is 0.533. The van der Waals surface area contributed by atoms with Gasteiger partial charge in [-0.05, 0) is 30.9 Å². The molecule has 1 aromatic rings. The number of rotatable bonds is 2. The van der Waals surface area contributed by atoms with E-state index >= 15 is 0 Å². The van der Waals surface area contributed by atoms with E-state index in [1.165, 1.54) is 18.5 Å². The molecule has 0 bridgehead atoms. The maximum absolute atomic E-state index is 12.4. The summed E-state index contributed by atoms with van der Waals surface area (Å²) < 4.78 is 2.20. The number of fused-ring (bicyclic) bond motifs is 1. The van der Waals surface area contributed by atoms with Crippen LogP contribution in [0.15, 0.2) is 12.6 Å². The van der Waals surface area contributed by atoms with E-state index in [4.69, 9.17) is 0 Å². The maximum Gasteiger partial charge on any atom is 0.184 e. The Morgan fingerprint density at radius 2 is 2.12 bits per heavy atom. The largest absolute Gasteiger partial charge is 0.342 e. The summed E-state index contributed by atoms with van der Waals surface area (Å²) in [6.45, 7) is 10.8. The molecule has 1 aliphatic heterocycles. The van der Waals surface area contributed by atoms with Gasteiger partial charge < -0.3 is 4.57 Å². The average molecular weight is 231 g/mol. The van der Waals surface area contributed by atoms with Crippen molar-refractivity contribution in [1.29, 1.82) is 0 Å². The number of nitrogens with zero attached hydrogens (tertiary/aromatic N) is 1. The Bertz CT molecular complexity index is 460. The average Bonchev–Trinajstić information content (AvgIpc) is 2.65. The van der Waals surface area contributed by atoms with Crippen molar-refractivity contribution >= 4 is 11.9 Å².